The molecule has 7 heteroatoms. The van der Waals surface area contributed by atoms with Gasteiger partial charge in [-0.15, -0.1) is 0 Å². The van der Waals surface area contributed by atoms with Crippen LogP contribution in [0.4, 0.5) is 5.69 Å². The van der Waals surface area contributed by atoms with E-state index in [0.717, 1.165) is 6.42 Å². The number of hydrogen-bond acceptors (Lipinski definition) is 4. The van der Waals surface area contributed by atoms with Crippen LogP contribution in [0.3, 0.4) is 0 Å². The summed E-state index contributed by atoms with van der Waals surface area (Å²) in [7, 11) is -3.66. The summed E-state index contributed by atoms with van der Waals surface area (Å²) in [6.45, 7) is 2.60. The van der Waals surface area contributed by atoms with Crippen LogP contribution >= 0.6 is 11.6 Å². The lowest BCUT2D eigenvalue weighted by molar-refractivity contribution is 0.317. The van der Waals surface area contributed by atoms with Crippen molar-refractivity contribution in [3.63, 3.8) is 0 Å². The minimum Gasteiger partial charge on any atom is -0.494 e. The van der Waals surface area contributed by atoms with Crippen LogP contribution in [-0.2, 0) is 10.0 Å². The molecule has 112 valence electrons. The van der Waals surface area contributed by atoms with Gasteiger partial charge >= 0.3 is 0 Å². The molecular formula is C14H15ClN2O3S. The number of rotatable bonds is 6. The number of anilines is 1. The number of aromatic nitrogens is 1. The number of pyridine rings is 1. The highest BCUT2D eigenvalue weighted by Gasteiger charge is 2.14. The smallest absolute Gasteiger partial charge is 0.261 e. The van der Waals surface area contributed by atoms with Crippen molar-refractivity contribution in [1.82, 2.24) is 4.98 Å². The molecule has 0 saturated heterocycles. The number of halogens is 1. The third kappa shape index (κ3) is 4.34. The van der Waals surface area contributed by atoms with Crippen molar-refractivity contribution in [2.75, 3.05) is 11.3 Å². The fraction of sp³-hybridized carbons (Fsp3) is 0.214. The van der Waals surface area contributed by atoms with Crippen LogP contribution in [0.15, 0.2) is 47.5 Å². The maximum atomic E-state index is 12.2. The number of ether oxygens (including phenoxy) is 1. The van der Waals surface area contributed by atoms with Crippen LogP contribution in [0.5, 0.6) is 5.75 Å². The molecule has 0 atom stereocenters. The van der Waals surface area contributed by atoms with Gasteiger partial charge in [-0.25, -0.2) is 13.4 Å². The van der Waals surface area contributed by atoms with E-state index in [4.69, 9.17) is 16.3 Å². The van der Waals surface area contributed by atoms with Crippen LogP contribution in [0.25, 0.3) is 0 Å². The van der Waals surface area contributed by atoms with Gasteiger partial charge < -0.3 is 4.74 Å². The maximum absolute atomic E-state index is 12.2. The second-order valence-corrected chi connectivity index (χ2v) is 6.36. The summed E-state index contributed by atoms with van der Waals surface area (Å²) in [6, 6.07) is 9.22. The van der Waals surface area contributed by atoms with Gasteiger partial charge in [0.15, 0.2) is 0 Å². The Bertz CT molecular complexity index is 702. The van der Waals surface area contributed by atoms with Gasteiger partial charge in [0.1, 0.15) is 10.9 Å². The average molecular weight is 327 g/mol. The van der Waals surface area contributed by atoms with E-state index in [-0.39, 0.29) is 10.0 Å². The molecule has 5 nitrogen and oxygen atoms in total. The first-order chi connectivity index (χ1) is 10.0. The Morgan fingerprint density at radius 1 is 1.24 bits per heavy atom. The Balaban J connectivity index is 2.15. The third-order valence-corrected chi connectivity index (χ3v) is 4.19. The highest BCUT2D eigenvalue weighted by Crippen LogP contribution is 2.20. The summed E-state index contributed by atoms with van der Waals surface area (Å²) in [6.07, 6.45) is 2.33. The van der Waals surface area contributed by atoms with Crippen LogP contribution in [0.1, 0.15) is 13.3 Å². The highest BCUT2D eigenvalue weighted by atomic mass is 35.5. The normalized spacial score (nSPS) is 11.1. The minimum atomic E-state index is -3.66. The molecule has 0 unspecified atom stereocenters. The zero-order valence-electron chi connectivity index (χ0n) is 11.4. The predicted molar refractivity (Wildman–Crippen MR) is 82.3 cm³/mol. The largest absolute Gasteiger partial charge is 0.494 e. The monoisotopic (exact) mass is 326 g/mol. The Labute approximate surface area is 129 Å². The van der Waals surface area contributed by atoms with E-state index < -0.39 is 10.0 Å². The van der Waals surface area contributed by atoms with E-state index >= 15 is 0 Å². The number of nitrogens with zero attached hydrogens (tertiary/aromatic N) is 1. The SMILES string of the molecule is CCCOc1ccc(S(=O)(=O)Nc2ccnc(Cl)c2)cc1. The lowest BCUT2D eigenvalue weighted by Crippen LogP contribution is -2.13. The van der Waals surface area contributed by atoms with E-state index in [2.05, 4.69) is 9.71 Å². The average Bonchev–Trinajstić information content (AvgIpc) is 2.45. The maximum Gasteiger partial charge on any atom is 0.261 e. The first-order valence-corrected chi connectivity index (χ1v) is 8.24. The van der Waals surface area contributed by atoms with E-state index in [0.29, 0.717) is 18.0 Å². The molecule has 0 spiro atoms. The topological polar surface area (TPSA) is 68.3 Å². The summed E-state index contributed by atoms with van der Waals surface area (Å²) >= 11 is 5.73. The van der Waals surface area contributed by atoms with Crippen molar-refractivity contribution in [1.29, 1.82) is 0 Å². The summed E-state index contributed by atoms with van der Waals surface area (Å²) in [5.41, 5.74) is 0.362. The fourth-order valence-corrected chi connectivity index (χ4v) is 2.84. The molecule has 0 fully saturated rings. The van der Waals surface area contributed by atoms with Crippen LogP contribution in [0, 0.1) is 0 Å². The molecule has 0 radical (unpaired) electrons. The molecule has 0 bridgehead atoms. The molecule has 0 amide bonds. The van der Waals surface area contributed by atoms with Crippen LogP contribution in [-0.4, -0.2) is 20.0 Å². The van der Waals surface area contributed by atoms with Gasteiger partial charge in [0.2, 0.25) is 0 Å². The first-order valence-electron chi connectivity index (χ1n) is 6.38. The summed E-state index contributed by atoms with van der Waals surface area (Å²) in [5.74, 6) is 0.641. The highest BCUT2D eigenvalue weighted by molar-refractivity contribution is 7.92. The standard InChI is InChI=1S/C14H15ClN2O3S/c1-2-9-20-12-3-5-13(6-4-12)21(18,19)17-11-7-8-16-14(15)10-11/h3-8,10H,2,9H2,1H3,(H,16,17). The minimum absolute atomic E-state index is 0.152. The van der Waals surface area contributed by atoms with Crippen LogP contribution < -0.4 is 9.46 Å². The summed E-state index contributed by atoms with van der Waals surface area (Å²) in [4.78, 5) is 3.95. The Morgan fingerprint density at radius 2 is 1.95 bits per heavy atom. The second-order valence-electron chi connectivity index (χ2n) is 4.29. The van der Waals surface area contributed by atoms with E-state index in [1.807, 2.05) is 6.92 Å². The Kier molecular flexibility index (Phi) is 5.03. The fourth-order valence-electron chi connectivity index (χ4n) is 1.61. The molecule has 0 aliphatic carbocycles. The van der Waals surface area contributed by atoms with Crippen molar-refractivity contribution in [2.24, 2.45) is 0 Å². The Hall–Kier alpha value is -1.79. The van der Waals surface area contributed by atoms with Crippen molar-refractivity contribution < 1.29 is 13.2 Å². The molecule has 21 heavy (non-hydrogen) atoms. The van der Waals surface area contributed by atoms with Crippen molar-refractivity contribution in [2.45, 2.75) is 18.2 Å². The molecule has 2 rings (SSSR count). The lowest BCUT2D eigenvalue weighted by atomic mass is 10.3. The van der Waals surface area contributed by atoms with Gasteiger partial charge in [0.05, 0.1) is 17.2 Å². The van der Waals surface area contributed by atoms with Gasteiger partial charge in [-0.2, -0.15) is 0 Å². The third-order valence-electron chi connectivity index (χ3n) is 2.59. The van der Waals surface area contributed by atoms with E-state index in [1.54, 1.807) is 12.1 Å². The zero-order valence-corrected chi connectivity index (χ0v) is 13.0. The Morgan fingerprint density at radius 3 is 2.57 bits per heavy atom. The van der Waals surface area contributed by atoms with Gasteiger partial charge in [0.25, 0.3) is 10.0 Å². The molecule has 1 aromatic heterocycles. The lowest BCUT2D eigenvalue weighted by Gasteiger charge is -2.09. The number of nitrogens with one attached hydrogen (secondary N) is 1. The van der Waals surface area contributed by atoms with Gasteiger partial charge in [-0.3, -0.25) is 4.72 Å². The molecule has 1 heterocycles. The van der Waals surface area contributed by atoms with Crippen LogP contribution in [0.2, 0.25) is 5.15 Å². The predicted octanol–water partition coefficient (Wildman–Crippen LogP) is 3.32. The quantitative estimate of drug-likeness (QED) is 0.827. The molecule has 1 N–H and O–H groups in total. The zero-order chi connectivity index (χ0) is 15.3. The van der Waals surface area contributed by atoms with Gasteiger partial charge in [-0.1, -0.05) is 18.5 Å². The number of benzene rings is 1. The van der Waals surface area contributed by atoms with Crippen molar-refractivity contribution in [3.05, 3.63) is 47.7 Å². The molecule has 0 aliphatic heterocycles. The second kappa shape index (κ2) is 6.78. The number of hydrogen-bond donors (Lipinski definition) is 1. The molecule has 0 saturated carbocycles. The van der Waals surface area contributed by atoms with Gasteiger partial charge in [-0.05, 0) is 42.8 Å². The first kappa shape index (κ1) is 15.6. The van der Waals surface area contributed by atoms with Crippen molar-refractivity contribution in [3.8, 4) is 5.75 Å². The summed E-state index contributed by atoms with van der Waals surface area (Å²) < 4.78 is 32.3. The van der Waals surface area contributed by atoms with Gasteiger partial charge in [0, 0.05) is 6.20 Å². The molecule has 1 aromatic carbocycles. The van der Waals surface area contributed by atoms with Crippen molar-refractivity contribution >= 4 is 27.3 Å². The molecular weight excluding hydrogens is 312 g/mol. The van der Waals surface area contributed by atoms with E-state index in [9.17, 15) is 8.42 Å². The van der Waals surface area contributed by atoms with E-state index in [1.165, 1.54) is 30.5 Å². The molecule has 0 aliphatic rings. The number of sulfonamides is 1. The summed E-state index contributed by atoms with van der Waals surface area (Å²) in [5, 5.41) is 0.221. The molecule has 2 aromatic rings.